The summed E-state index contributed by atoms with van der Waals surface area (Å²) >= 11 is 4.26. The van der Waals surface area contributed by atoms with Crippen molar-refractivity contribution in [3.05, 3.63) is 86.7 Å². The summed E-state index contributed by atoms with van der Waals surface area (Å²) in [6.07, 6.45) is 1.57. The molecule has 0 unspecified atom stereocenters. The van der Waals surface area contributed by atoms with Crippen LogP contribution in [0.2, 0.25) is 0 Å². The molecule has 3 aromatic carbocycles. The predicted molar refractivity (Wildman–Crippen MR) is 179 cm³/mol. The van der Waals surface area contributed by atoms with Gasteiger partial charge in [-0.3, -0.25) is 24.1 Å². The van der Waals surface area contributed by atoms with Gasteiger partial charge in [0, 0.05) is 36.3 Å². The van der Waals surface area contributed by atoms with Crippen molar-refractivity contribution >= 4 is 68.1 Å². The third-order valence-electron chi connectivity index (χ3n) is 7.62. The van der Waals surface area contributed by atoms with Gasteiger partial charge < -0.3 is 24.6 Å². The lowest BCUT2D eigenvalue weighted by atomic mass is 10.1. The number of nitrogens with zero attached hydrogens (tertiary/aromatic N) is 3. The first kappa shape index (κ1) is 32.1. The number of benzene rings is 3. The van der Waals surface area contributed by atoms with Crippen LogP contribution in [0, 0.1) is 13.8 Å². The van der Waals surface area contributed by atoms with Crippen molar-refractivity contribution in [3.63, 3.8) is 0 Å². The number of halogens is 1. The number of rotatable bonds is 9. The van der Waals surface area contributed by atoms with E-state index in [9.17, 15) is 19.2 Å². The van der Waals surface area contributed by atoms with Crippen molar-refractivity contribution in [2.24, 2.45) is 0 Å². The molecule has 2 heterocycles. The summed E-state index contributed by atoms with van der Waals surface area (Å²) in [5, 5.41) is 2.34. The van der Waals surface area contributed by atoms with Crippen LogP contribution in [-0.4, -0.2) is 79.2 Å². The van der Waals surface area contributed by atoms with E-state index in [2.05, 4.69) is 26.1 Å². The van der Waals surface area contributed by atoms with E-state index in [0.29, 0.717) is 48.9 Å². The summed E-state index contributed by atoms with van der Waals surface area (Å²) in [4.78, 5) is 56.5. The Balaban J connectivity index is 1.17. The maximum Gasteiger partial charge on any atom is 0.294 e. The molecule has 0 aliphatic carbocycles. The number of nitrogens with one attached hydrogen (secondary N) is 1. The number of thioether (sulfide) groups is 1. The van der Waals surface area contributed by atoms with Crippen LogP contribution >= 0.6 is 27.7 Å². The van der Waals surface area contributed by atoms with Crippen LogP contribution in [-0.2, 0) is 14.4 Å². The van der Waals surface area contributed by atoms with Crippen LogP contribution < -0.4 is 19.7 Å². The van der Waals surface area contributed by atoms with Crippen molar-refractivity contribution in [1.82, 2.24) is 9.80 Å². The average Bonchev–Trinajstić information content (AvgIpc) is 3.30. The van der Waals surface area contributed by atoms with Gasteiger partial charge in [0.15, 0.2) is 18.1 Å². The molecule has 0 aromatic heterocycles. The fraction of sp³-hybridized carbons (Fsp3) is 0.273. The maximum atomic E-state index is 13.1. The number of ether oxygens (including phenoxy) is 2. The van der Waals surface area contributed by atoms with E-state index < -0.39 is 11.1 Å². The summed E-state index contributed by atoms with van der Waals surface area (Å²) in [6, 6.07) is 18.8. The fourth-order valence-electron chi connectivity index (χ4n) is 4.98. The second-order valence-corrected chi connectivity index (χ2v) is 12.5. The topological polar surface area (TPSA) is 108 Å². The minimum absolute atomic E-state index is 0.204. The number of hydrogen-bond acceptors (Lipinski definition) is 8. The third-order valence-corrected chi connectivity index (χ3v) is 9.19. The molecule has 1 N–H and O–H groups in total. The Morgan fingerprint density at radius 3 is 2.38 bits per heavy atom. The Kier molecular flexibility index (Phi) is 10.1. The van der Waals surface area contributed by atoms with Gasteiger partial charge in [0.25, 0.3) is 17.1 Å². The number of aryl methyl sites for hydroxylation is 2. The number of carbonyl (C=O) groups excluding carboxylic acids is 4. The number of anilines is 2. The molecule has 10 nitrogen and oxygen atoms in total. The van der Waals surface area contributed by atoms with Gasteiger partial charge >= 0.3 is 0 Å². The second-order valence-electron chi connectivity index (χ2n) is 10.6. The number of para-hydroxylation sites is 1. The molecule has 45 heavy (non-hydrogen) atoms. The van der Waals surface area contributed by atoms with Crippen molar-refractivity contribution in [2.75, 3.05) is 56.7 Å². The third kappa shape index (κ3) is 7.69. The molecule has 4 amide bonds. The predicted octanol–water partition coefficient (Wildman–Crippen LogP) is 5.48. The Labute approximate surface area is 274 Å². The van der Waals surface area contributed by atoms with Gasteiger partial charge in [-0.2, -0.15) is 0 Å². The molecule has 2 fully saturated rings. The number of hydrogen-bond donors (Lipinski definition) is 1. The van der Waals surface area contributed by atoms with E-state index in [1.165, 1.54) is 7.11 Å². The second kappa shape index (κ2) is 14.2. The van der Waals surface area contributed by atoms with Gasteiger partial charge in [-0.15, -0.1) is 0 Å². The molecule has 0 spiro atoms. The largest absolute Gasteiger partial charge is 0.493 e. The molecule has 2 aliphatic rings. The summed E-state index contributed by atoms with van der Waals surface area (Å²) in [5.41, 5.74) is 4.50. The van der Waals surface area contributed by atoms with Crippen molar-refractivity contribution < 1.29 is 28.7 Å². The molecular formula is C33H33BrN4O6S. The van der Waals surface area contributed by atoms with E-state index in [-0.39, 0.29) is 29.9 Å². The van der Waals surface area contributed by atoms with Crippen molar-refractivity contribution in [3.8, 4) is 11.5 Å². The zero-order valence-corrected chi connectivity index (χ0v) is 27.6. The maximum absolute atomic E-state index is 13.1. The monoisotopic (exact) mass is 692 g/mol. The van der Waals surface area contributed by atoms with Crippen molar-refractivity contribution in [2.45, 2.75) is 13.8 Å². The minimum Gasteiger partial charge on any atom is -0.493 e. The van der Waals surface area contributed by atoms with Gasteiger partial charge in [-0.25, -0.2) is 0 Å². The molecule has 5 rings (SSSR count). The normalized spacial score (nSPS) is 15.9. The van der Waals surface area contributed by atoms with Crippen LogP contribution in [0.1, 0.15) is 16.7 Å². The SMILES string of the molecule is COc1cc(/C=C2/SC(=O)N(CC(=O)N3CCN(c4ccccc4)CC3)C2=O)ccc1OCC(=O)Nc1cc(C)c(C)cc1Br. The molecule has 234 valence electrons. The first-order valence-corrected chi connectivity index (χ1v) is 15.9. The highest BCUT2D eigenvalue weighted by Crippen LogP contribution is 2.35. The van der Waals surface area contributed by atoms with E-state index in [0.717, 1.165) is 37.9 Å². The molecule has 0 atom stereocenters. The molecule has 0 bridgehead atoms. The van der Waals surface area contributed by atoms with Gasteiger partial charge in [-0.1, -0.05) is 24.3 Å². The van der Waals surface area contributed by atoms with Crippen LogP contribution in [0.15, 0.2) is 70.0 Å². The average molecular weight is 694 g/mol. The van der Waals surface area contributed by atoms with Gasteiger partial charge in [0.05, 0.1) is 17.7 Å². The molecule has 0 radical (unpaired) electrons. The summed E-state index contributed by atoms with van der Waals surface area (Å²) < 4.78 is 11.9. The quantitative estimate of drug-likeness (QED) is 0.294. The van der Waals surface area contributed by atoms with Crippen molar-refractivity contribution in [1.29, 1.82) is 0 Å². The molecule has 2 aliphatic heterocycles. The van der Waals surface area contributed by atoms with Gasteiger partial charge in [0.1, 0.15) is 6.54 Å². The highest BCUT2D eigenvalue weighted by atomic mass is 79.9. The summed E-state index contributed by atoms with van der Waals surface area (Å²) in [5.74, 6) is -0.424. The highest BCUT2D eigenvalue weighted by Gasteiger charge is 2.37. The Morgan fingerprint density at radius 1 is 0.956 bits per heavy atom. The molecular weight excluding hydrogens is 660 g/mol. The zero-order chi connectivity index (χ0) is 32.1. The van der Waals surface area contributed by atoms with Crippen LogP contribution in [0.3, 0.4) is 0 Å². The van der Waals surface area contributed by atoms with E-state index in [1.54, 1.807) is 29.2 Å². The lowest BCUT2D eigenvalue weighted by Gasteiger charge is -2.36. The number of amides is 4. The lowest BCUT2D eigenvalue weighted by Crippen LogP contribution is -2.51. The Morgan fingerprint density at radius 2 is 1.67 bits per heavy atom. The number of methoxy groups -OCH3 is 1. The van der Waals surface area contributed by atoms with Gasteiger partial charge in [-0.05, 0) is 101 Å². The summed E-state index contributed by atoms with van der Waals surface area (Å²) in [6.45, 7) is 5.79. The van der Waals surface area contributed by atoms with E-state index >= 15 is 0 Å². The lowest BCUT2D eigenvalue weighted by molar-refractivity contribution is -0.136. The minimum atomic E-state index is -0.519. The number of piperazine rings is 1. The van der Waals surface area contributed by atoms with E-state index in [4.69, 9.17) is 9.47 Å². The standard InChI is InChI=1S/C33H33BrN4O6S/c1-21-15-25(34)26(16-22(21)2)35-30(39)20-44-27-10-9-23(17-28(27)43-3)18-29-32(41)38(33(42)45-29)19-31(40)37-13-11-36(12-14-37)24-7-5-4-6-8-24/h4-10,15-18H,11-14,19-20H2,1-3H3,(H,35,39)/b29-18+. The molecule has 0 saturated carbocycles. The molecule has 3 aromatic rings. The fourth-order valence-corrected chi connectivity index (χ4v) is 6.37. The van der Waals surface area contributed by atoms with Crippen LogP contribution in [0.25, 0.3) is 6.08 Å². The van der Waals surface area contributed by atoms with Gasteiger partial charge in [0.2, 0.25) is 5.91 Å². The Bertz CT molecular complexity index is 1660. The van der Waals surface area contributed by atoms with E-state index in [1.807, 2.05) is 56.3 Å². The van der Waals surface area contributed by atoms with Crippen LogP contribution in [0.4, 0.5) is 16.2 Å². The summed E-state index contributed by atoms with van der Waals surface area (Å²) in [7, 11) is 1.47. The zero-order valence-electron chi connectivity index (χ0n) is 25.2. The first-order chi connectivity index (χ1) is 21.6. The number of carbonyl (C=O) groups is 4. The number of imide groups is 1. The first-order valence-electron chi connectivity index (χ1n) is 14.3. The molecule has 12 heteroatoms. The molecule has 2 saturated heterocycles. The highest BCUT2D eigenvalue weighted by molar-refractivity contribution is 9.10. The smallest absolute Gasteiger partial charge is 0.294 e. The Hall–Kier alpha value is -4.29. The van der Waals surface area contributed by atoms with Crippen LogP contribution in [0.5, 0.6) is 11.5 Å².